The predicted molar refractivity (Wildman–Crippen MR) is 74.4 cm³/mol. The van der Waals surface area contributed by atoms with Crippen molar-refractivity contribution in [2.75, 3.05) is 5.32 Å². The predicted octanol–water partition coefficient (Wildman–Crippen LogP) is 2.78. The van der Waals surface area contributed by atoms with Crippen LogP contribution in [0.4, 0.5) is 9.52 Å². The standard InChI is InChI=1S/C13H14FN3O2S/c1-3-10(19-11-7-5-4-6-9(11)14)12(18)16-13-15-8(2)17-20-13/h4-7,10H,3H2,1-2H3,(H,15,16,17,18). The van der Waals surface area contributed by atoms with E-state index in [2.05, 4.69) is 14.7 Å². The first-order valence-electron chi connectivity index (χ1n) is 6.12. The number of aromatic nitrogens is 2. The fourth-order valence-corrected chi connectivity index (χ4v) is 2.13. The van der Waals surface area contributed by atoms with Gasteiger partial charge in [-0.15, -0.1) is 0 Å². The normalized spacial score (nSPS) is 11.9. The van der Waals surface area contributed by atoms with E-state index in [1.807, 2.05) is 0 Å². The molecule has 1 unspecified atom stereocenters. The molecule has 1 aromatic heterocycles. The number of carbonyl (C=O) groups excluding carboxylic acids is 1. The van der Waals surface area contributed by atoms with E-state index in [0.717, 1.165) is 11.5 Å². The van der Waals surface area contributed by atoms with Gasteiger partial charge in [0.2, 0.25) is 5.13 Å². The van der Waals surface area contributed by atoms with Crippen LogP contribution in [0.25, 0.3) is 0 Å². The summed E-state index contributed by atoms with van der Waals surface area (Å²) >= 11 is 1.09. The zero-order valence-corrected chi connectivity index (χ0v) is 11.9. The van der Waals surface area contributed by atoms with E-state index < -0.39 is 11.9 Å². The molecule has 0 aliphatic carbocycles. The van der Waals surface area contributed by atoms with Crippen molar-refractivity contribution in [2.24, 2.45) is 0 Å². The van der Waals surface area contributed by atoms with Gasteiger partial charge in [0.25, 0.3) is 5.91 Å². The number of nitrogens with zero attached hydrogens (tertiary/aromatic N) is 2. The maximum absolute atomic E-state index is 13.5. The fourth-order valence-electron chi connectivity index (χ4n) is 1.55. The summed E-state index contributed by atoms with van der Waals surface area (Å²) in [7, 11) is 0. The Morgan fingerprint density at radius 1 is 1.50 bits per heavy atom. The van der Waals surface area contributed by atoms with E-state index in [1.165, 1.54) is 12.1 Å². The topological polar surface area (TPSA) is 64.1 Å². The number of carbonyl (C=O) groups is 1. The summed E-state index contributed by atoms with van der Waals surface area (Å²) in [6, 6.07) is 5.98. The largest absolute Gasteiger partial charge is 0.478 e. The molecular formula is C13H14FN3O2S. The monoisotopic (exact) mass is 295 g/mol. The molecule has 1 heterocycles. The number of hydrogen-bond donors (Lipinski definition) is 1. The number of hydrogen-bond acceptors (Lipinski definition) is 5. The number of nitrogens with one attached hydrogen (secondary N) is 1. The molecular weight excluding hydrogens is 281 g/mol. The molecule has 0 radical (unpaired) electrons. The molecule has 0 saturated heterocycles. The Morgan fingerprint density at radius 2 is 2.25 bits per heavy atom. The molecule has 2 rings (SSSR count). The van der Waals surface area contributed by atoms with Gasteiger partial charge in [-0.1, -0.05) is 19.1 Å². The molecule has 5 nitrogen and oxygen atoms in total. The van der Waals surface area contributed by atoms with Crippen molar-refractivity contribution in [1.82, 2.24) is 9.36 Å². The van der Waals surface area contributed by atoms with Crippen LogP contribution in [-0.4, -0.2) is 21.4 Å². The number of aryl methyl sites for hydroxylation is 1. The minimum Gasteiger partial charge on any atom is -0.478 e. The van der Waals surface area contributed by atoms with Gasteiger partial charge in [-0.05, 0) is 25.5 Å². The Labute approximate surface area is 120 Å². The quantitative estimate of drug-likeness (QED) is 0.921. The Hall–Kier alpha value is -2.02. The van der Waals surface area contributed by atoms with E-state index >= 15 is 0 Å². The van der Waals surface area contributed by atoms with Crippen LogP contribution in [0.2, 0.25) is 0 Å². The molecule has 0 spiro atoms. The van der Waals surface area contributed by atoms with Gasteiger partial charge in [0, 0.05) is 11.5 Å². The molecule has 1 amide bonds. The molecule has 20 heavy (non-hydrogen) atoms. The van der Waals surface area contributed by atoms with Crippen molar-refractivity contribution in [2.45, 2.75) is 26.4 Å². The van der Waals surface area contributed by atoms with Crippen LogP contribution in [0.15, 0.2) is 24.3 Å². The van der Waals surface area contributed by atoms with Crippen LogP contribution in [-0.2, 0) is 4.79 Å². The Morgan fingerprint density at radius 3 is 2.85 bits per heavy atom. The molecule has 0 bridgehead atoms. The highest BCUT2D eigenvalue weighted by atomic mass is 32.1. The van der Waals surface area contributed by atoms with Gasteiger partial charge in [-0.3, -0.25) is 10.1 Å². The van der Waals surface area contributed by atoms with Gasteiger partial charge < -0.3 is 4.74 Å². The third kappa shape index (κ3) is 3.51. The van der Waals surface area contributed by atoms with Crippen molar-refractivity contribution in [3.05, 3.63) is 35.9 Å². The summed E-state index contributed by atoms with van der Waals surface area (Å²) in [5, 5.41) is 3.02. The van der Waals surface area contributed by atoms with Crippen LogP contribution < -0.4 is 10.1 Å². The minimum atomic E-state index is -0.781. The minimum absolute atomic E-state index is 0.0583. The van der Waals surface area contributed by atoms with E-state index in [4.69, 9.17) is 4.74 Å². The maximum Gasteiger partial charge on any atom is 0.267 e. The summed E-state index contributed by atoms with van der Waals surface area (Å²) < 4.78 is 22.9. The average Bonchev–Trinajstić information content (AvgIpc) is 2.83. The molecule has 1 N–H and O–H groups in total. The second-order valence-electron chi connectivity index (χ2n) is 4.08. The highest BCUT2D eigenvalue weighted by Crippen LogP contribution is 2.19. The average molecular weight is 295 g/mol. The van der Waals surface area contributed by atoms with Crippen molar-refractivity contribution in [3.8, 4) is 5.75 Å². The number of halogens is 1. The highest BCUT2D eigenvalue weighted by Gasteiger charge is 2.21. The number of anilines is 1. The lowest BCUT2D eigenvalue weighted by atomic mass is 10.2. The van der Waals surface area contributed by atoms with Gasteiger partial charge in [0.15, 0.2) is 17.7 Å². The lowest BCUT2D eigenvalue weighted by Crippen LogP contribution is -2.32. The van der Waals surface area contributed by atoms with Crippen LogP contribution >= 0.6 is 11.5 Å². The zero-order chi connectivity index (χ0) is 14.5. The SMILES string of the molecule is CCC(Oc1ccccc1F)C(=O)Nc1nc(C)ns1. The summed E-state index contributed by atoms with van der Waals surface area (Å²) in [5.41, 5.74) is 0. The summed E-state index contributed by atoms with van der Waals surface area (Å²) in [5.74, 6) is -0.214. The van der Waals surface area contributed by atoms with E-state index in [-0.39, 0.29) is 11.7 Å². The first kappa shape index (κ1) is 14.4. The summed E-state index contributed by atoms with van der Waals surface area (Å²) in [6.45, 7) is 3.52. The second kappa shape index (κ2) is 6.42. The summed E-state index contributed by atoms with van der Waals surface area (Å²) in [6.07, 6.45) is -0.367. The molecule has 106 valence electrons. The van der Waals surface area contributed by atoms with E-state index in [0.29, 0.717) is 17.4 Å². The summed E-state index contributed by atoms with van der Waals surface area (Å²) in [4.78, 5) is 16.1. The van der Waals surface area contributed by atoms with Gasteiger partial charge in [0.1, 0.15) is 5.82 Å². The van der Waals surface area contributed by atoms with Crippen LogP contribution in [0, 0.1) is 12.7 Å². The maximum atomic E-state index is 13.5. The van der Waals surface area contributed by atoms with Gasteiger partial charge >= 0.3 is 0 Å². The molecule has 0 aliphatic heterocycles. The van der Waals surface area contributed by atoms with Crippen LogP contribution in [0.3, 0.4) is 0 Å². The Kier molecular flexibility index (Phi) is 4.62. The van der Waals surface area contributed by atoms with Crippen molar-refractivity contribution >= 4 is 22.6 Å². The third-order valence-corrected chi connectivity index (χ3v) is 3.25. The molecule has 0 aliphatic rings. The van der Waals surface area contributed by atoms with Crippen molar-refractivity contribution < 1.29 is 13.9 Å². The molecule has 0 saturated carbocycles. The van der Waals surface area contributed by atoms with E-state index in [9.17, 15) is 9.18 Å². The van der Waals surface area contributed by atoms with Crippen LogP contribution in [0.5, 0.6) is 5.75 Å². The van der Waals surface area contributed by atoms with Crippen molar-refractivity contribution in [1.29, 1.82) is 0 Å². The highest BCUT2D eigenvalue weighted by molar-refractivity contribution is 7.09. The molecule has 2 aromatic rings. The molecule has 0 fully saturated rings. The lowest BCUT2D eigenvalue weighted by Gasteiger charge is -2.16. The molecule has 1 aromatic carbocycles. The smallest absolute Gasteiger partial charge is 0.267 e. The van der Waals surface area contributed by atoms with Gasteiger partial charge in [-0.2, -0.15) is 4.37 Å². The first-order valence-corrected chi connectivity index (χ1v) is 6.90. The molecule has 1 atom stereocenters. The number of ether oxygens (including phenoxy) is 1. The fraction of sp³-hybridized carbons (Fsp3) is 0.308. The first-order chi connectivity index (χ1) is 9.60. The second-order valence-corrected chi connectivity index (χ2v) is 4.83. The van der Waals surface area contributed by atoms with Crippen LogP contribution in [0.1, 0.15) is 19.2 Å². The van der Waals surface area contributed by atoms with Crippen molar-refractivity contribution in [3.63, 3.8) is 0 Å². The Bertz CT molecular complexity index is 603. The Balaban J connectivity index is 2.04. The van der Waals surface area contributed by atoms with Gasteiger partial charge in [0.05, 0.1) is 0 Å². The number of para-hydroxylation sites is 1. The zero-order valence-electron chi connectivity index (χ0n) is 11.1. The van der Waals surface area contributed by atoms with Gasteiger partial charge in [-0.25, -0.2) is 9.37 Å². The lowest BCUT2D eigenvalue weighted by molar-refractivity contribution is -0.122. The number of rotatable bonds is 5. The van der Waals surface area contributed by atoms with E-state index in [1.54, 1.807) is 26.0 Å². The number of benzene rings is 1. The number of amides is 1. The third-order valence-electron chi connectivity index (χ3n) is 2.53. The molecule has 7 heteroatoms.